The number of nitrogens with zero attached hydrogens (tertiary/aromatic N) is 1. The van der Waals surface area contributed by atoms with Gasteiger partial charge in [0.25, 0.3) is 0 Å². The Labute approximate surface area is 81.6 Å². The van der Waals surface area contributed by atoms with Gasteiger partial charge in [0.15, 0.2) is 0 Å². The first-order valence-corrected chi connectivity index (χ1v) is 4.09. The molecule has 0 aromatic heterocycles. The van der Waals surface area contributed by atoms with Crippen molar-refractivity contribution in [3.05, 3.63) is 28.8 Å². The van der Waals surface area contributed by atoms with E-state index in [9.17, 15) is 0 Å². The number of rotatable bonds is 2. The van der Waals surface area contributed by atoms with Crippen molar-refractivity contribution in [1.82, 2.24) is 0 Å². The summed E-state index contributed by atoms with van der Waals surface area (Å²) in [5.74, 6) is 0.639. The number of ether oxygens (including phenoxy) is 1. The minimum atomic E-state index is 0.472. The molecule has 0 radical (unpaired) electrons. The summed E-state index contributed by atoms with van der Waals surface area (Å²) in [6.45, 7) is 1.67. The van der Waals surface area contributed by atoms with E-state index < -0.39 is 0 Å². The fourth-order valence-corrected chi connectivity index (χ4v) is 1.19. The Bertz CT molecular complexity index is 336. The second-order valence-electron chi connectivity index (χ2n) is 2.53. The van der Waals surface area contributed by atoms with Crippen molar-refractivity contribution in [2.45, 2.75) is 6.92 Å². The lowest BCUT2D eigenvalue weighted by molar-refractivity contribution is 0.318. The minimum absolute atomic E-state index is 0.472. The smallest absolute Gasteiger partial charge is 0.128 e. The van der Waals surface area contributed by atoms with Crippen molar-refractivity contribution < 1.29 is 9.94 Å². The lowest BCUT2D eigenvalue weighted by Crippen LogP contribution is -1.98. The first-order valence-electron chi connectivity index (χ1n) is 3.71. The zero-order valence-electron chi connectivity index (χ0n) is 7.41. The van der Waals surface area contributed by atoms with Gasteiger partial charge in [-0.15, -0.1) is 0 Å². The zero-order chi connectivity index (χ0) is 9.84. The van der Waals surface area contributed by atoms with E-state index in [-0.39, 0.29) is 0 Å². The Kier molecular flexibility index (Phi) is 3.14. The molecule has 0 amide bonds. The Hall–Kier alpha value is -1.22. The summed E-state index contributed by atoms with van der Waals surface area (Å²) in [6, 6.07) is 5.14. The average molecular weight is 200 g/mol. The number of hydrogen-bond donors (Lipinski definition) is 1. The average Bonchev–Trinajstić information content (AvgIpc) is 2.16. The molecule has 0 saturated carbocycles. The van der Waals surface area contributed by atoms with Crippen molar-refractivity contribution in [2.75, 3.05) is 7.11 Å². The Morgan fingerprint density at radius 1 is 1.54 bits per heavy atom. The molecule has 1 aromatic carbocycles. The van der Waals surface area contributed by atoms with Gasteiger partial charge in [0, 0.05) is 10.6 Å². The van der Waals surface area contributed by atoms with Crippen LogP contribution >= 0.6 is 11.6 Å². The molecule has 4 heteroatoms. The van der Waals surface area contributed by atoms with Gasteiger partial charge in [0.2, 0.25) is 0 Å². The second kappa shape index (κ2) is 4.14. The van der Waals surface area contributed by atoms with E-state index >= 15 is 0 Å². The van der Waals surface area contributed by atoms with E-state index in [1.807, 2.05) is 0 Å². The molecule has 1 rings (SSSR count). The largest absolute Gasteiger partial charge is 0.496 e. The number of hydrogen-bond acceptors (Lipinski definition) is 3. The highest BCUT2D eigenvalue weighted by Gasteiger charge is 2.06. The minimum Gasteiger partial charge on any atom is -0.496 e. The maximum absolute atomic E-state index is 8.59. The molecule has 3 nitrogen and oxygen atoms in total. The summed E-state index contributed by atoms with van der Waals surface area (Å²) in [4.78, 5) is 0. The summed E-state index contributed by atoms with van der Waals surface area (Å²) >= 11 is 5.78. The molecule has 13 heavy (non-hydrogen) atoms. The topological polar surface area (TPSA) is 41.8 Å². The quantitative estimate of drug-likeness (QED) is 0.452. The molecule has 0 unspecified atom stereocenters. The Morgan fingerprint density at radius 3 is 2.77 bits per heavy atom. The molecular weight excluding hydrogens is 190 g/mol. The van der Waals surface area contributed by atoms with Crippen LogP contribution in [-0.2, 0) is 0 Å². The monoisotopic (exact) mass is 199 g/mol. The third-order valence-corrected chi connectivity index (χ3v) is 1.94. The van der Waals surface area contributed by atoms with E-state index in [4.69, 9.17) is 21.5 Å². The summed E-state index contributed by atoms with van der Waals surface area (Å²) in [6.07, 6.45) is 0. The SMILES string of the molecule is COc1ccc(Cl)cc1C(C)=NO. The van der Waals surface area contributed by atoms with E-state index in [1.54, 1.807) is 32.2 Å². The van der Waals surface area contributed by atoms with E-state index in [0.29, 0.717) is 22.0 Å². The van der Waals surface area contributed by atoms with Gasteiger partial charge in [-0.3, -0.25) is 0 Å². The third kappa shape index (κ3) is 2.12. The third-order valence-electron chi connectivity index (χ3n) is 1.70. The molecular formula is C9H10ClNO2. The lowest BCUT2D eigenvalue weighted by Gasteiger charge is -2.06. The molecule has 0 heterocycles. The van der Waals surface area contributed by atoms with Gasteiger partial charge >= 0.3 is 0 Å². The highest BCUT2D eigenvalue weighted by Crippen LogP contribution is 2.23. The van der Waals surface area contributed by atoms with Crippen molar-refractivity contribution >= 4 is 17.3 Å². The summed E-state index contributed by atoms with van der Waals surface area (Å²) in [5.41, 5.74) is 1.16. The summed E-state index contributed by atoms with van der Waals surface area (Å²) in [5, 5.41) is 12.3. The molecule has 70 valence electrons. The van der Waals surface area contributed by atoms with Crippen LogP contribution in [0.2, 0.25) is 5.02 Å². The van der Waals surface area contributed by atoms with Crippen LogP contribution < -0.4 is 4.74 Å². The Balaban J connectivity index is 3.23. The second-order valence-corrected chi connectivity index (χ2v) is 2.97. The molecule has 0 saturated heterocycles. The molecule has 0 spiro atoms. The fraction of sp³-hybridized carbons (Fsp3) is 0.222. The van der Waals surface area contributed by atoms with Crippen molar-refractivity contribution in [3.8, 4) is 5.75 Å². The van der Waals surface area contributed by atoms with E-state index in [0.717, 1.165) is 0 Å². The van der Waals surface area contributed by atoms with Crippen LogP contribution in [0, 0.1) is 0 Å². The zero-order valence-corrected chi connectivity index (χ0v) is 8.17. The molecule has 0 bridgehead atoms. The van der Waals surface area contributed by atoms with Crippen molar-refractivity contribution in [3.63, 3.8) is 0 Å². The van der Waals surface area contributed by atoms with E-state index in [2.05, 4.69) is 5.16 Å². The molecule has 1 N–H and O–H groups in total. The summed E-state index contributed by atoms with van der Waals surface area (Å²) < 4.78 is 5.07. The Morgan fingerprint density at radius 2 is 2.23 bits per heavy atom. The van der Waals surface area contributed by atoms with Crippen LogP contribution in [0.15, 0.2) is 23.4 Å². The number of oxime groups is 1. The molecule has 0 aliphatic carbocycles. The summed E-state index contributed by atoms with van der Waals surface area (Å²) in [7, 11) is 1.55. The maximum atomic E-state index is 8.59. The van der Waals surface area contributed by atoms with Crippen LogP contribution in [0.4, 0.5) is 0 Å². The molecule has 0 aliphatic rings. The maximum Gasteiger partial charge on any atom is 0.128 e. The van der Waals surface area contributed by atoms with Crippen molar-refractivity contribution in [1.29, 1.82) is 0 Å². The predicted molar refractivity (Wildman–Crippen MR) is 52.0 cm³/mol. The van der Waals surface area contributed by atoms with Gasteiger partial charge in [-0.2, -0.15) is 0 Å². The van der Waals surface area contributed by atoms with Crippen LogP contribution in [0.25, 0.3) is 0 Å². The first-order chi connectivity index (χ1) is 6.19. The van der Waals surface area contributed by atoms with Gasteiger partial charge in [-0.1, -0.05) is 16.8 Å². The van der Waals surface area contributed by atoms with Gasteiger partial charge in [0.05, 0.1) is 12.8 Å². The highest BCUT2D eigenvalue weighted by molar-refractivity contribution is 6.31. The first kappa shape index (κ1) is 9.86. The number of methoxy groups -OCH3 is 1. The molecule has 0 atom stereocenters. The lowest BCUT2D eigenvalue weighted by atomic mass is 10.1. The van der Waals surface area contributed by atoms with Gasteiger partial charge < -0.3 is 9.94 Å². The number of benzene rings is 1. The molecule has 0 aliphatic heterocycles. The van der Waals surface area contributed by atoms with Crippen LogP contribution in [0.5, 0.6) is 5.75 Å². The standard InChI is InChI=1S/C9H10ClNO2/c1-6(11-12)8-5-7(10)3-4-9(8)13-2/h3-5,12H,1-2H3. The highest BCUT2D eigenvalue weighted by atomic mass is 35.5. The molecule has 1 aromatic rings. The van der Waals surface area contributed by atoms with Crippen molar-refractivity contribution in [2.24, 2.45) is 5.16 Å². The fourth-order valence-electron chi connectivity index (χ4n) is 1.02. The van der Waals surface area contributed by atoms with Crippen LogP contribution in [-0.4, -0.2) is 18.0 Å². The van der Waals surface area contributed by atoms with E-state index in [1.165, 1.54) is 0 Å². The van der Waals surface area contributed by atoms with Gasteiger partial charge in [-0.05, 0) is 25.1 Å². The van der Waals surface area contributed by atoms with Crippen LogP contribution in [0.1, 0.15) is 12.5 Å². The van der Waals surface area contributed by atoms with Gasteiger partial charge in [0.1, 0.15) is 5.75 Å². The molecule has 0 fully saturated rings. The number of halogens is 1. The van der Waals surface area contributed by atoms with Crippen LogP contribution in [0.3, 0.4) is 0 Å². The predicted octanol–water partition coefficient (Wildman–Crippen LogP) is 2.55. The van der Waals surface area contributed by atoms with Gasteiger partial charge in [-0.25, -0.2) is 0 Å². The normalized spacial score (nSPS) is 11.5.